The van der Waals surface area contributed by atoms with Crippen molar-refractivity contribution in [1.29, 1.82) is 0 Å². The molecular weight excluding hydrogens is 313 g/mol. The van der Waals surface area contributed by atoms with Crippen LogP contribution in [0.25, 0.3) is 0 Å². The van der Waals surface area contributed by atoms with Crippen LogP contribution in [0.2, 0.25) is 0 Å². The molecule has 1 fully saturated rings. The maximum Gasteiger partial charge on any atom is 0.191 e. The number of nitrogens with one attached hydrogen (secondary N) is 2. The first-order valence-corrected chi connectivity index (χ1v) is 6.22. The third-order valence-electron chi connectivity index (χ3n) is 3.12. The van der Waals surface area contributed by atoms with E-state index in [4.69, 9.17) is 0 Å². The number of aliphatic imine (C=N–C) groups is 1. The molecule has 0 aromatic carbocycles. The van der Waals surface area contributed by atoms with E-state index in [1.807, 2.05) is 0 Å². The Bertz CT molecular complexity index is 202. The molecule has 1 saturated carbocycles. The van der Waals surface area contributed by atoms with Crippen molar-refractivity contribution in [2.24, 2.45) is 10.4 Å². The van der Waals surface area contributed by atoms with Crippen molar-refractivity contribution in [1.82, 2.24) is 10.6 Å². The van der Waals surface area contributed by atoms with Gasteiger partial charge in [0.2, 0.25) is 0 Å². The molecule has 16 heavy (non-hydrogen) atoms. The molecule has 0 amide bonds. The van der Waals surface area contributed by atoms with Crippen molar-refractivity contribution in [3.8, 4) is 0 Å². The molecule has 1 aliphatic carbocycles. The van der Waals surface area contributed by atoms with Crippen LogP contribution in [0.15, 0.2) is 4.99 Å². The van der Waals surface area contributed by atoms with Crippen LogP contribution in [0.5, 0.6) is 0 Å². The van der Waals surface area contributed by atoms with Crippen LogP contribution in [0.1, 0.15) is 46.5 Å². The zero-order valence-corrected chi connectivity index (χ0v) is 13.1. The highest BCUT2D eigenvalue weighted by Crippen LogP contribution is 2.37. The van der Waals surface area contributed by atoms with E-state index in [-0.39, 0.29) is 24.0 Å². The molecule has 0 radical (unpaired) electrons. The van der Waals surface area contributed by atoms with Crippen molar-refractivity contribution >= 4 is 29.9 Å². The van der Waals surface area contributed by atoms with Gasteiger partial charge < -0.3 is 10.6 Å². The summed E-state index contributed by atoms with van der Waals surface area (Å²) in [4.78, 5) is 4.65. The Hall–Kier alpha value is 0. The Morgan fingerprint density at radius 3 is 2.06 bits per heavy atom. The fourth-order valence-corrected chi connectivity index (χ4v) is 2.17. The van der Waals surface area contributed by atoms with Gasteiger partial charge in [0.15, 0.2) is 5.96 Å². The third-order valence-corrected chi connectivity index (χ3v) is 3.12. The van der Waals surface area contributed by atoms with Crippen LogP contribution >= 0.6 is 24.0 Å². The minimum Gasteiger partial charge on any atom is -0.357 e. The summed E-state index contributed by atoms with van der Waals surface area (Å²) in [6, 6.07) is 0. The number of nitrogens with zero attached hydrogens (tertiary/aromatic N) is 1. The zero-order valence-electron chi connectivity index (χ0n) is 10.8. The minimum absolute atomic E-state index is 0. The Morgan fingerprint density at radius 1 is 1.12 bits per heavy atom. The summed E-state index contributed by atoms with van der Waals surface area (Å²) in [6.45, 7) is 9.39. The molecular formula is C12H26IN3. The molecule has 4 heteroatoms. The second-order valence-corrected chi connectivity index (χ2v) is 4.74. The molecule has 1 aliphatic rings. The Morgan fingerprint density at radius 2 is 1.62 bits per heavy atom. The standard InChI is InChI=1S/C12H25N3.HI/c1-4-13-11(14-5-2)15-10-12(3)8-6-7-9-12;/h4-10H2,1-3H3,(H2,13,14,15);1H. The number of guanidine groups is 1. The molecule has 0 saturated heterocycles. The maximum absolute atomic E-state index is 4.65. The molecule has 1 rings (SSSR count). The third kappa shape index (κ3) is 5.37. The van der Waals surface area contributed by atoms with E-state index in [1.165, 1.54) is 25.7 Å². The van der Waals surface area contributed by atoms with Gasteiger partial charge in [0.05, 0.1) is 0 Å². The van der Waals surface area contributed by atoms with E-state index in [0.29, 0.717) is 5.41 Å². The van der Waals surface area contributed by atoms with Gasteiger partial charge in [-0.1, -0.05) is 19.8 Å². The number of rotatable bonds is 4. The summed E-state index contributed by atoms with van der Waals surface area (Å²) in [6.07, 6.45) is 5.43. The molecule has 0 aromatic rings. The number of hydrogen-bond donors (Lipinski definition) is 2. The lowest BCUT2D eigenvalue weighted by Gasteiger charge is -2.21. The smallest absolute Gasteiger partial charge is 0.191 e. The predicted molar refractivity (Wildman–Crippen MR) is 81.6 cm³/mol. The SMILES string of the molecule is CCNC(=NCC1(C)CCCC1)NCC.I. The van der Waals surface area contributed by atoms with E-state index in [2.05, 4.69) is 36.4 Å². The van der Waals surface area contributed by atoms with Crippen molar-refractivity contribution in [3.63, 3.8) is 0 Å². The Kier molecular flexibility index (Phi) is 8.14. The summed E-state index contributed by atoms with van der Waals surface area (Å²) in [5.41, 5.74) is 0.454. The number of halogens is 1. The quantitative estimate of drug-likeness (QED) is 0.469. The van der Waals surface area contributed by atoms with Gasteiger partial charge in [0, 0.05) is 19.6 Å². The summed E-state index contributed by atoms with van der Waals surface area (Å²) in [5, 5.41) is 6.53. The molecule has 3 nitrogen and oxygen atoms in total. The van der Waals surface area contributed by atoms with E-state index >= 15 is 0 Å². The van der Waals surface area contributed by atoms with Gasteiger partial charge in [-0.3, -0.25) is 4.99 Å². The molecule has 0 atom stereocenters. The van der Waals surface area contributed by atoms with Crippen molar-refractivity contribution in [3.05, 3.63) is 0 Å². The summed E-state index contributed by atoms with van der Waals surface area (Å²) < 4.78 is 0. The van der Waals surface area contributed by atoms with Gasteiger partial charge in [-0.05, 0) is 32.1 Å². The van der Waals surface area contributed by atoms with Crippen LogP contribution in [0.4, 0.5) is 0 Å². The first-order valence-electron chi connectivity index (χ1n) is 6.22. The lowest BCUT2D eigenvalue weighted by molar-refractivity contribution is 0.350. The summed E-state index contributed by atoms with van der Waals surface area (Å²) in [5.74, 6) is 0.966. The van der Waals surface area contributed by atoms with Crippen LogP contribution in [0.3, 0.4) is 0 Å². The Balaban J connectivity index is 0.00000225. The highest BCUT2D eigenvalue weighted by atomic mass is 127. The molecule has 2 N–H and O–H groups in total. The largest absolute Gasteiger partial charge is 0.357 e. The van der Waals surface area contributed by atoms with E-state index in [1.54, 1.807) is 0 Å². The maximum atomic E-state index is 4.65. The van der Waals surface area contributed by atoms with Crippen LogP contribution < -0.4 is 10.6 Å². The molecule has 0 spiro atoms. The zero-order chi connectivity index (χ0) is 11.1. The van der Waals surface area contributed by atoms with Gasteiger partial charge in [0.1, 0.15) is 0 Å². The van der Waals surface area contributed by atoms with Crippen LogP contribution in [-0.2, 0) is 0 Å². The van der Waals surface area contributed by atoms with Gasteiger partial charge in [-0.2, -0.15) is 0 Å². The molecule has 96 valence electrons. The molecule has 0 unspecified atom stereocenters. The molecule has 0 heterocycles. The average Bonchev–Trinajstić information content (AvgIpc) is 2.63. The van der Waals surface area contributed by atoms with Crippen molar-refractivity contribution in [2.75, 3.05) is 19.6 Å². The summed E-state index contributed by atoms with van der Waals surface area (Å²) in [7, 11) is 0. The first-order chi connectivity index (χ1) is 7.20. The molecule has 0 bridgehead atoms. The Labute approximate surface area is 117 Å². The lowest BCUT2D eigenvalue weighted by Crippen LogP contribution is -2.37. The van der Waals surface area contributed by atoms with Crippen molar-refractivity contribution < 1.29 is 0 Å². The molecule has 0 aliphatic heterocycles. The van der Waals surface area contributed by atoms with Crippen LogP contribution in [0, 0.1) is 5.41 Å². The summed E-state index contributed by atoms with van der Waals surface area (Å²) >= 11 is 0. The fraction of sp³-hybridized carbons (Fsp3) is 0.917. The second kappa shape index (κ2) is 8.14. The van der Waals surface area contributed by atoms with Gasteiger partial charge in [-0.15, -0.1) is 24.0 Å². The topological polar surface area (TPSA) is 36.4 Å². The second-order valence-electron chi connectivity index (χ2n) is 4.74. The van der Waals surface area contributed by atoms with Crippen LogP contribution in [-0.4, -0.2) is 25.6 Å². The average molecular weight is 339 g/mol. The predicted octanol–water partition coefficient (Wildman–Crippen LogP) is 2.76. The van der Waals surface area contributed by atoms with Crippen molar-refractivity contribution in [2.45, 2.75) is 46.5 Å². The molecule has 0 aromatic heterocycles. The van der Waals surface area contributed by atoms with Gasteiger partial charge in [0.25, 0.3) is 0 Å². The minimum atomic E-state index is 0. The van der Waals surface area contributed by atoms with E-state index < -0.39 is 0 Å². The monoisotopic (exact) mass is 339 g/mol. The highest BCUT2D eigenvalue weighted by molar-refractivity contribution is 14.0. The highest BCUT2D eigenvalue weighted by Gasteiger charge is 2.28. The first kappa shape index (κ1) is 16.0. The normalized spacial score (nSPS) is 17.4. The van der Waals surface area contributed by atoms with E-state index in [9.17, 15) is 0 Å². The van der Waals surface area contributed by atoms with E-state index in [0.717, 1.165) is 25.6 Å². The van der Waals surface area contributed by atoms with Gasteiger partial charge in [-0.25, -0.2) is 0 Å². The number of hydrogen-bond acceptors (Lipinski definition) is 1. The lowest BCUT2D eigenvalue weighted by atomic mass is 9.89. The van der Waals surface area contributed by atoms with Gasteiger partial charge >= 0.3 is 0 Å². The fourth-order valence-electron chi connectivity index (χ4n) is 2.17.